The van der Waals surface area contributed by atoms with E-state index in [4.69, 9.17) is 0 Å². The highest BCUT2D eigenvalue weighted by Gasteiger charge is 2.18. The van der Waals surface area contributed by atoms with Gasteiger partial charge in [-0.1, -0.05) is 24.3 Å². The molecule has 0 spiro atoms. The second kappa shape index (κ2) is 7.74. The van der Waals surface area contributed by atoms with Gasteiger partial charge in [-0.05, 0) is 61.4 Å². The number of carbonyl (C=O) groups excluding carboxylic acids is 1. The summed E-state index contributed by atoms with van der Waals surface area (Å²) in [7, 11) is -3.85. The van der Waals surface area contributed by atoms with Crippen LogP contribution in [0, 0.1) is 13.8 Å². The molecule has 3 aromatic carbocycles. The third-order valence-corrected chi connectivity index (χ3v) is 5.52. The molecule has 144 valence electrons. The van der Waals surface area contributed by atoms with Crippen molar-refractivity contribution < 1.29 is 18.3 Å². The Morgan fingerprint density at radius 2 is 1.61 bits per heavy atom. The Kier molecular flexibility index (Phi) is 5.37. The minimum absolute atomic E-state index is 0.0133. The number of anilines is 2. The van der Waals surface area contributed by atoms with E-state index in [9.17, 15) is 18.3 Å². The number of carbonyl (C=O) groups is 1. The number of rotatable bonds is 5. The van der Waals surface area contributed by atoms with E-state index in [1.54, 1.807) is 43.3 Å². The van der Waals surface area contributed by atoms with Gasteiger partial charge in [0.05, 0.1) is 4.90 Å². The summed E-state index contributed by atoms with van der Waals surface area (Å²) in [5.74, 6) is -0.441. The number of nitrogens with one attached hydrogen (secondary N) is 2. The molecule has 0 unspecified atom stereocenters. The summed E-state index contributed by atoms with van der Waals surface area (Å²) in [5.41, 5.74) is 2.65. The molecule has 0 bridgehead atoms. The Morgan fingerprint density at radius 1 is 0.893 bits per heavy atom. The van der Waals surface area contributed by atoms with Crippen LogP contribution in [0.4, 0.5) is 11.4 Å². The van der Waals surface area contributed by atoms with Crippen molar-refractivity contribution in [3.63, 3.8) is 0 Å². The van der Waals surface area contributed by atoms with Crippen LogP contribution in [0.15, 0.2) is 71.6 Å². The van der Waals surface area contributed by atoms with Gasteiger partial charge in [-0.15, -0.1) is 0 Å². The van der Waals surface area contributed by atoms with E-state index in [2.05, 4.69) is 10.0 Å². The molecule has 0 aromatic heterocycles. The number of hydrogen-bond acceptors (Lipinski definition) is 4. The Labute approximate surface area is 163 Å². The highest BCUT2D eigenvalue weighted by atomic mass is 32.2. The molecule has 0 atom stereocenters. The smallest absolute Gasteiger partial charge is 0.261 e. The standard InChI is InChI=1S/C21H20N2O4S/c1-14-5-3-7-17(11-14)23-28(26,27)19-10-9-15(2)20(13-19)21(25)22-16-6-4-8-18(24)12-16/h3-13,23-24H,1-2H3,(H,22,25). The Hall–Kier alpha value is -3.32. The van der Waals surface area contributed by atoms with Gasteiger partial charge in [0.1, 0.15) is 5.75 Å². The van der Waals surface area contributed by atoms with Crippen molar-refractivity contribution in [1.82, 2.24) is 0 Å². The number of amides is 1. The molecular formula is C21H20N2O4S. The molecule has 0 fully saturated rings. The van der Waals surface area contributed by atoms with Crippen molar-refractivity contribution in [2.75, 3.05) is 10.0 Å². The molecule has 6 nitrogen and oxygen atoms in total. The zero-order valence-electron chi connectivity index (χ0n) is 15.4. The molecule has 0 aliphatic carbocycles. The largest absolute Gasteiger partial charge is 0.508 e. The van der Waals surface area contributed by atoms with Gasteiger partial charge >= 0.3 is 0 Å². The predicted octanol–water partition coefficient (Wildman–Crippen LogP) is 4.06. The van der Waals surface area contributed by atoms with Crippen LogP contribution in [0.5, 0.6) is 5.75 Å². The zero-order valence-corrected chi connectivity index (χ0v) is 16.2. The third kappa shape index (κ3) is 4.50. The lowest BCUT2D eigenvalue weighted by atomic mass is 10.1. The van der Waals surface area contributed by atoms with Gasteiger partial charge in [-0.3, -0.25) is 9.52 Å². The highest BCUT2D eigenvalue weighted by Crippen LogP contribution is 2.22. The first-order valence-corrected chi connectivity index (χ1v) is 10.0. The molecule has 0 saturated heterocycles. The molecule has 0 heterocycles. The molecule has 3 rings (SSSR count). The van der Waals surface area contributed by atoms with Crippen LogP contribution < -0.4 is 10.0 Å². The van der Waals surface area contributed by atoms with Crippen LogP contribution in [0.25, 0.3) is 0 Å². The van der Waals surface area contributed by atoms with E-state index >= 15 is 0 Å². The van der Waals surface area contributed by atoms with Crippen LogP contribution in [0.2, 0.25) is 0 Å². The second-order valence-corrected chi connectivity index (χ2v) is 8.14. The molecule has 0 radical (unpaired) electrons. The van der Waals surface area contributed by atoms with Crippen LogP contribution in [-0.4, -0.2) is 19.4 Å². The SMILES string of the molecule is Cc1cccc(NS(=O)(=O)c2ccc(C)c(C(=O)Nc3cccc(O)c3)c2)c1. The van der Waals surface area contributed by atoms with E-state index in [-0.39, 0.29) is 16.2 Å². The van der Waals surface area contributed by atoms with E-state index in [0.717, 1.165) is 5.56 Å². The average Bonchev–Trinajstić information content (AvgIpc) is 2.61. The summed E-state index contributed by atoms with van der Waals surface area (Å²) in [6, 6.07) is 17.5. The summed E-state index contributed by atoms with van der Waals surface area (Å²) in [6.07, 6.45) is 0. The molecule has 1 amide bonds. The topological polar surface area (TPSA) is 95.5 Å². The van der Waals surface area contributed by atoms with Crippen molar-refractivity contribution in [2.24, 2.45) is 0 Å². The quantitative estimate of drug-likeness (QED) is 0.606. The fourth-order valence-corrected chi connectivity index (χ4v) is 3.79. The van der Waals surface area contributed by atoms with Crippen molar-refractivity contribution >= 4 is 27.3 Å². The Bertz CT molecular complexity index is 1140. The molecule has 7 heteroatoms. The normalized spacial score (nSPS) is 11.1. The van der Waals surface area contributed by atoms with Gasteiger partial charge in [0, 0.05) is 23.0 Å². The maximum atomic E-state index is 12.7. The number of benzene rings is 3. The summed E-state index contributed by atoms with van der Waals surface area (Å²) >= 11 is 0. The highest BCUT2D eigenvalue weighted by molar-refractivity contribution is 7.92. The van der Waals surface area contributed by atoms with E-state index in [1.807, 2.05) is 13.0 Å². The van der Waals surface area contributed by atoms with Crippen LogP contribution >= 0.6 is 0 Å². The molecule has 28 heavy (non-hydrogen) atoms. The lowest BCUT2D eigenvalue weighted by Crippen LogP contribution is -2.17. The number of aromatic hydroxyl groups is 1. The van der Waals surface area contributed by atoms with Crippen LogP contribution in [-0.2, 0) is 10.0 Å². The molecule has 0 saturated carbocycles. The van der Waals surface area contributed by atoms with Gasteiger partial charge < -0.3 is 10.4 Å². The minimum Gasteiger partial charge on any atom is -0.508 e. The molecule has 3 aromatic rings. The molecule has 0 aliphatic rings. The summed E-state index contributed by atoms with van der Waals surface area (Å²) in [6.45, 7) is 3.59. The van der Waals surface area contributed by atoms with E-state index in [1.165, 1.54) is 24.3 Å². The van der Waals surface area contributed by atoms with Crippen molar-refractivity contribution in [3.8, 4) is 5.75 Å². The zero-order chi connectivity index (χ0) is 20.3. The Balaban J connectivity index is 1.89. The molecular weight excluding hydrogens is 376 g/mol. The van der Waals surface area contributed by atoms with Crippen LogP contribution in [0.1, 0.15) is 21.5 Å². The van der Waals surface area contributed by atoms with Gasteiger partial charge in [0.15, 0.2) is 0 Å². The number of phenols is 1. The first kappa shape index (κ1) is 19.4. The summed E-state index contributed by atoms with van der Waals surface area (Å²) in [4.78, 5) is 12.6. The Morgan fingerprint density at radius 3 is 2.32 bits per heavy atom. The maximum absolute atomic E-state index is 12.7. The summed E-state index contributed by atoms with van der Waals surface area (Å²) < 4.78 is 28.0. The minimum atomic E-state index is -3.85. The lowest BCUT2D eigenvalue weighted by Gasteiger charge is -2.12. The van der Waals surface area contributed by atoms with Gasteiger partial charge in [0.25, 0.3) is 15.9 Å². The predicted molar refractivity (Wildman–Crippen MR) is 109 cm³/mol. The van der Waals surface area contributed by atoms with Crippen LogP contribution in [0.3, 0.4) is 0 Å². The van der Waals surface area contributed by atoms with E-state index in [0.29, 0.717) is 16.9 Å². The average molecular weight is 396 g/mol. The van der Waals surface area contributed by atoms with Gasteiger partial charge in [0.2, 0.25) is 0 Å². The van der Waals surface area contributed by atoms with Gasteiger partial charge in [-0.25, -0.2) is 8.42 Å². The molecule has 3 N–H and O–H groups in total. The monoisotopic (exact) mass is 396 g/mol. The summed E-state index contributed by atoms with van der Waals surface area (Å²) in [5, 5.41) is 12.2. The number of aryl methyl sites for hydroxylation is 2. The third-order valence-electron chi connectivity index (χ3n) is 4.14. The number of sulfonamides is 1. The lowest BCUT2D eigenvalue weighted by molar-refractivity contribution is 0.102. The number of hydrogen-bond donors (Lipinski definition) is 3. The number of phenolic OH excluding ortho intramolecular Hbond substituents is 1. The molecule has 0 aliphatic heterocycles. The first-order chi connectivity index (χ1) is 13.2. The van der Waals surface area contributed by atoms with E-state index < -0.39 is 15.9 Å². The fourth-order valence-electron chi connectivity index (χ4n) is 2.72. The van der Waals surface area contributed by atoms with Crippen molar-refractivity contribution in [2.45, 2.75) is 18.7 Å². The van der Waals surface area contributed by atoms with Crippen molar-refractivity contribution in [3.05, 3.63) is 83.4 Å². The first-order valence-electron chi connectivity index (χ1n) is 8.55. The second-order valence-electron chi connectivity index (χ2n) is 6.46. The maximum Gasteiger partial charge on any atom is 0.261 e. The fraction of sp³-hybridized carbons (Fsp3) is 0.0952. The van der Waals surface area contributed by atoms with Crippen molar-refractivity contribution in [1.29, 1.82) is 0 Å². The van der Waals surface area contributed by atoms with Gasteiger partial charge in [-0.2, -0.15) is 0 Å².